The van der Waals surface area contributed by atoms with Crippen LogP contribution >= 0.6 is 9.39 Å². The zero-order valence-electron chi connectivity index (χ0n) is 32.4. The molecule has 2 bridgehead atoms. The van der Waals surface area contributed by atoms with Gasteiger partial charge in [0.25, 0.3) is 0 Å². The van der Waals surface area contributed by atoms with Gasteiger partial charge in [-0.05, 0) is 69.9 Å². The van der Waals surface area contributed by atoms with Gasteiger partial charge in [0, 0.05) is 49.7 Å². The second-order valence-corrected chi connectivity index (χ2v) is 16.6. The van der Waals surface area contributed by atoms with Gasteiger partial charge in [0.05, 0.1) is 48.1 Å². The minimum atomic E-state index is -1.88. The first-order valence-corrected chi connectivity index (χ1v) is 19.6. The molecule has 5 heterocycles. The molecule has 17 heteroatoms. The summed E-state index contributed by atoms with van der Waals surface area (Å²) in [5.74, 6) is -4.53. The van der Waals surface area contributed by atoms with Gasteiger partial charge in [0.15, 0.2) is 12.1 Å². The molecule has 300 valence electrons. The summed E-state index contributed by atoms with van der Waals surface area (Å²) < 4.78 is 26.9. The van der Waals surface area contributed by atoms with E-state index in [-0.39, 0.29) is 37.2 Å². The van der Waals surface area contributed by atoms with Crippen LogP contribution in [-0.4, -0.2) is 146 Å². The SMILES string of the molecule is CC[C@H]1OC(=O)[C@H](C)C(=O)[C@H](C)[C@@H](O[C@@H]2O[C@H](C)C[C@H](N(C)CCc3cn(P)nn3)[C@H]2O)[C@@]2(C)C[C@@H](CO2)/C(=N\O[C@@H]2CCNC2)[C@H](C)[C@@H](O)[C@]1(C)O. The Morgan fingerprint density at radius 1 is 1.19 bits per heavy atom. The summed E-state index contributed by atoms with van der Waals surface area (Å²) in [6, 6.07) is -0.333. The largest absolute Gasteiger partial charge is 0.459 e. The smallest absolute Gasteiger partial charge is 0.316 e. The van der Waals surface area contributed by atoms with Crippen LogP contribution in [0.25, 0.3) is 0 Å². The van der Waals surface area contributed by atoms with Gasteiger partial charge in [-0.1, -0.05) is 31.1 Å². The first-order valence-electron chi connectivity index (χ1n) is 19.0. The van der Waals surface area contributed by atoms with Crippen molar-refractivity contribution >= 4 is 26.9 Å². The highest BCUT2D eigenvalue weighted by Gasteiger charge is 2.55. The number of likely N-dealkylation sites (N-methyl/N-ethyl adjacent to an activating group) is 1. The maximum atomic E-state index is 14.2. The summed E-state index contributed by atoms with van der Waals surface area (Å²) >= 11 is 0. The number of aliphatic hydroxyl groups excluding tert-OH is 2. The molecule has 0 aliphatic carbocycles. The minimum absolute atomic E-state index is 0.161. The van der Waals surface area contributed by atoms with Gasteiger partial charge in [-0.15, -0.1) is 5.10 Å². The lowest BCUT2D eigenvalue weighted by Crippen LogP contribution is -2.59. The number of ketones is 1. The molecule has 4 fully saturated rings. The molecule has 5 rings (SSSR count). The van der Waals surface area contributed by atoms with Crippen molar-refractivity contribution in [2.75, 3.05) is 33.3 Å². The Hall–Kier alpha value is -2.14. The Balaban J connectivity index is 1.47. The van der Waals surface area contributed by atoms with Crippen LogP contribution in [0.15, 0.2) is 11.4 Å². The first kappa shape index (κ1) is 42.0. The fraction of sp³-hybridized carbons (Fsp3) is 0.861. The highest BCUT2D eigenvalue weighted by molar-refractivity contribution is 7.14. The zero-order valence-corrected chi connectivity index (χ0v) is 33.5. The number of fused-ring (bicyclic) bond motifs is 2. The summed E-state index contributed by atoms with van der Waals surface area (Å²) in [7, 11) is 4.39. The molecule has 1 unspecified atom stereocenters. The van der Waals surface area contributed by atoms with E-state index in [0.717, 1.165) is 18.7 Å². The molecule has 0 aromatic carbocycles. The van der Waals surface area contributed by atoms with Crippen molar-refractivity contribution in [2.24, 2.45) is 28.8 Å². The predicted molar refractivity (Wildman–Crippen MR) is 197 cm³/mol. The lowest BCUT2D eigenvalue weighted by molar-refractivity contribution is -0.293. The number of oxime groups is 1. The Labute approximate surface area is 314 Å². The van der Waals surface area contributed by atoms with Crippen LogP contribution < -0.4 is 5.32 Å². The van der Waals surface area contributed by atoms with E-state index in [9.17, 15) is 24.9 Å². The highest BCUT2D eigenvalue weighted by atomic mass is 31.0. The van der Waals surface area contributed by atoms with Crippen LogP contribution in [0, 0.1) is 23.7 Å². The zero-order chi connectivity index (χ0) is 38.8. The van der Waals surface area contributed by atoms with Crippen molar-refractivity contribution in [1.29, 1.82) is 0 Å². The van der Waals surface area contributed by atoms with E-state index in [1.165, 1.54) is 13.8 Å². The van der Waals surface area contributed by atoms with Crippen LogP contribution in [0.4, 0.5) is 0 Å². The molecule has 0 saturated carbocycles. The topological polar surface area (TPSA) is 199 Å². The van der Waals surface area contributed by atoms with E-state index >= 15 is 0 Å². The Bertz CT molecular complexity index is 1440. The lowest BCUT2D eigenvalue weighted by Gasteiger charge is -2.46. The van der Waals surface area contributed by atoms with Gasteiger partial charge in [-0.3, -0.25) is 9.59 Å². The molecule has 4 aliphatic heterocycles. The number of carbonyl (C=O) groups is 2. The molecule has 4 saturated heterocycles. The van der Waals surface area contributed by atoms with E-state index in [1.807, 2.05) is 27.1 Å². The van der Waals surface area contributed by atoms with Crippen LogP contribution in [0.2, 0.25) is 0 Å². The van der Waals surface area contributed by atoms with Gasteiger partial charge < -0.3 is 49.3 Å². The standard InChI is InChI=1S/C36H61N6O10P/c1-9-27-36(7,47)31(45)20(3)28(39-52-25-10-12-37-16-25)23-15-35(6,48-18-23)32(21(4)29(43)22(5)33(46)50-27)51-34-30(44)26(14-19(2)49-34)41(8)13-11-24-17-42(53)40-38-24/h17,19-23,25-27,30-32,34,37,44-45,47H,9-16,18,53H2,1-8H3/b39-28-/t19-,20+,21+,22-,23+,25-,26+,27-,30-,31-,32-,34+,35-,36-/m1/s1. The van der Waals surface area contributed by atoms with Gasteiger partial charge >= 0.3 is 5.97 Å². The number of cyclic esters (lactones) is 1. The molecule has 1 aromatic rings. The fourth-order valence-electron chi connectivity index (χ4n) is 8.44. The van der Waals surface area contributed by atoms with Crippen molar-refractivity contribution < 1.29 is 48.7 Å². The fourth-order valence-corrected chi connectivity index (χ4v) is 8.67. The molecule has 15 atom stereocenters. The summed E-state index contributed by atoms with van der Waals surface area (Å²) in [4.78, 5) is 35.8. The number of nitrogens with zero attached hydrogens (tertiary/aromatic N) is 5. The van der Waals surface area contributed by atoms with Gasteiger partial charge in [0.2, 0.25) is 0 Å². The second-order valence-electron chi connectivity index (χ2n) is 16.1. The lowest BCUT2D eigenvalue weighted by atomic mass is 9.75. The van der Waals surface area contributed by atoms with Gasteiger partial charge in [-0.2, -0.15) is 0 Å². The summed E-state index contributed by atoms with van der Waals surface area (Å²) in [5, 5.41) is 51.3. The van der Waals surface area contributed by atoms with Crippen LogP contribution in [-0.2, 0) is 39.8 Å². The van der Waals surface area contributed by atoms with E-state index in [2.05, 4.69) is 35.1 Å². The van der Waals surface area contributed by atoms with Crippen molar-refractivity contribution in [2.45, 2.75) is 141 Å². The molecule has 0 amide bonds. The minimum Gasteiger partial charge on any atom is -0.459 e. The molecule has 0 spiro atoms. The summed E-state index contributed by atoms with van der Waals surface area (Å²) in [6.45, 7) is 14.1. The molecule has 0 radical (unpaired) electrons. The summed E-state index contributed by atoms with van der Waals surface area (Å²) in [5.41, 5.74) is -1.70. The van der Waals surface area contributed by atoms with Crippen LogP contribution in [0.5, 0.6) is 0 Å². The normalized spacial score (nSPS) is 42.5. The number of esters is 1. The van der Waals surface area contributed by atoms with E-state index in [4.69, 9.17) is 23.8 Å². The maximum Gasteiger partial charge on any atom is 0.316 e. The van der Waals surface area contributed by atoms with Gasteiger partial charge in [0.1, 0.15) is 29.8 Å². The Kier molecular flexibility index (Phi) is 13.7. The number of aromatic nitrogens is 3. The van der Waals surface area contributed by atoms with Gasteiger partial charge in [-0.25, -0.2) is 4.45 Å². The van der Waals surface area contributed by atoms with E-state index in [1.54, 1.807) is 25.2 Å². The molecule has 16 nitrogen and oxygen atoms in total. The molecular weight excluding hydrogens is 707 g/mol. The summed E-state index contributed by atoms with van der Waals surface area (Å²) in [6.07, 6.45) is -1.89. The monoisotopic (exact) mass is 768 g/mol. The van der Waals surface area contributed by atoms with E-state index < -0.39 is 71.4 Å². The molecule has 1 aromatic heterocycles. The van der Waals surface area contributed by atoms with Crippen molar-refractivity contribution in [3.05, 3.63) is 11.9 Å². The molecule has 4 N–H and O–H groups in total. The van der Waals surface area contributed by atoms with E-state index in [0.29, 0.717) is 38.1 Å². The predicted octanol–water partition coefficient (Wildman–Crippen LogP) is 1.09. The number of hydrogen-bond donors (Lipinski definition) is 4. The average molecular weight is 769 g/mol. The van der Waals surface area contributed by atoms with Crippen molar-refractivity contribution in [3.8, 4) is 0 Å². The third kappa shape index (κ3) is 9.29. The molecule has 4 aliphatic rings. The second kappa shape index (κ2) is 17.3. The number of carbonyl (C=O) groups excluding carboxylic acids is 2. The first-order chi connectivity index (χ1) is 25.0. The Morgan fingerprint density at radius 2 is 1.92 bits per heavy atom. The van der Waals surface area contributed by atoms with Crippen LogP contribution in [0.1, 0.15) is 79.8 Å². The number of hydrogen-bond acceptors (Lipinski definition) is 15. The molecular formula is C36H61N6O10P. The number of Topliss-reactive ketones (excluding diaryl/α,β-unsaturated/α-hetero) is 1. The van der Waals surface area contributed by atoms with Crippen molar-refractivity contribution in [1.82, 2.24) is 25.0 Å². The highest BCUT2D eigenvalue weighted by Crippen LogP contribution is 2.43. The number of rotatable bonds is 9. The number of ether oxygens (including phenoxy) is 4. The quantitative estimate of drug-likeness (QED) is 0.121. The maximum absolute atomic E-state index is 14.2. The average Bonchev–Trinajstić information content (AvgIpc) is 3.90. The van der Waals surface area contributed by atoms with Crippen LogP contribution in [0.3, 0.4) is 0 Å². The van der Waals surface area contributed by atoms with Crippen molar-refractivity contribution in [3.63, 3.8) is 0 Å². The number of aliphatic hydroxyl groups is 3. The Morgan fingerprint density at radius 3 is 2.57 bits per heavy atom. The molecule has 53 heavy (non-hydrogen) atoms. The third-order valence-electron chi connectivity index (χ3n) is 11.8. The third-order valence-corrected chi connectivity index (χ3v) is 12.1. The number of nitrogens with one attached hydrogen (secondary N) is 1.